The number of benzene rings is 3. The monoisotopic (exact) mass is 750 g/mol. The Hall–Kier alpha value is -5.49. The highest BCUT2D eigenvalue weighted by atomic mass is 16.5. The van der Waals surface area contributed by atoms with Gasteiger partial charge in [-0.2, -0.15) is 4.98 Å². The lowest BCUT2D eigenvalue weighted by molar-refractivity contribution is -0.841. The summed E-state index contributed by atoms with van der Waals surface area (Å²) in [7, 11) is 3.26. The van der Waals surface area contributed by atoms with Gasteiger partial charge in [-0.15, -0.1) is 0 Å². The number of methoxy groups -OCH3 is 2. The van der Waals surface area contributed by atoms with E-state index in [1.807, 2.05) is 73.7 Å². The van der Waals surface area contributed by atoms with E-state index in [1.165, 1.54) is 0 Å². The molecule has 2 atom stereocenters. The first kappa shape index (κ1) is 39.2. The summed E-state index contributed by atoms with van der Waals surface area (Å²) in [5, 5.41) is 3.77. The summed E-state index contributed by atoms with van der Waals surface area (Å²) in [4.78, 5) is 54.2. The Kier molecular flexibility index (Phi) is 13.0. The lowest BCUT2D eigenvalue weighted by Crippen LogP contribution is -3.24. The van der Waals surface area contributed by atoms with Crippen molar-refractivity contribution in [3.63, 3.8) is 0 Å². The number of allylic oxidation sites excluding steroid dienone is 2. The molecule has 6 rings (SSSR count). The standard InChI is InChI=1S/C43H51N5O7/c1-5-54-41(50)43-25-14-28-48(43)42(51)47(29-31-19-21-33(52-3)22-20-31)27-13-7-10-17-34(18-11-12-26-44-40(43)49)55-39-35-23-24-36(53-4)30(2)37(35)45-38(46-39)32-15-8-6-9-16-32/h6,8-9,15-16,18-24H,5,7,10-14,17,25-29H2,1-4H3,(H,44,49)/p+1. The summed E-state index contributed by atoms with van der Waals surface area (Å²) < 4.78 is 23.2. The zero-order valence-electron chi connectivity index (χ0n) is 32.3. The number of amides is 3. The van der Waals surface area contributed by atoms with E-state index in [4.69, 9.17) is 28.9 Å². The van der Waals surface area contributed by atoms with Gasteiger partial charge in [0, 0.05) is 43.5 Å². The van der Waals surface area contributed by atoms with Crippen molar-refractivity contribution in [2.45, 2.75) is 77.3 Å². The minimum atomic E-state index is -1.65. The van der Waals surface area contributed by atoms with Crippen LogP contribution >= 0.6 is 0 Å². The molecule has 3 heterocycles. The average molecular weight is 751 g/mol. The molecule has 4 aromatic rings. The van der Waals surface area contributed by atoms with Crippen LogP contribution in [0.3, 0.4) is 0 Å². The topological polar surface area (TPSA) is 134 Å². The van der Waals surface area contributed by atoms with E-state index < -0.39 is 17.4 Å². The normalized spacial score (nSPS) is 20.0. The lowest BCUT2D eigenvalue weighted by Gasteiger charge is -2.33. The molecule has 0 saturated carbocycles. The van der Waals surface area contributed by atoms with Crippen LogP contribution in [0.2, 0.25) is 0 Å². The van der Waals surface area contributed by atoms with Crippen molar-refractivity contribution in [2.75, 3.05) is 40.5 Å². The van der Waals surface area contributed by atoms with Crippen LogP contribution in [0.25, 0.3) is 22.3 Å². The van der Waals surface area contributed by atoms with Crippen LogP contribution < -0.4 is 24.4 Å². The number of esters is 1. The zero-order chi connectivity index (χ0) is 38.8. The predicted octanol–water partition coefficient (Wildman–Crippen LogP) is 5.96. The third kappa shape index (κ3) is 8.75. The molecule has 3 aromatic carbocycles. The first-order chi connectivity index (χ1) is 26.8. The number of rotatable bonds is 9. The molecular weight excluding hydrogens is 699 g/mol. The van der Waals surface area contributed by atoms with Crippen molar-refractivity contribution in [3.8, 4) is 28.8 Å². The Morgan fingerprint density at radius 3 is 2.47 bits per heavy atom. The van der Waals surface area contributed by atoms with Crippen LogP contribution in [-0.4, -0.2) is 78.8 Å². The first-order valence-corrected chi connectivity index (χ1v) is 19.3. The predicted molar refractivity (Wildman–Crippen MR) is 209 cm³/mol. The summed E-state index contributed by atoms with van der Waals surface area (Å²) in [5.41, 5.74) is 1.78. The van der Waals surface area contributed by atoms with Gasteiger partial charge in [-0.3, -0.25) is 9.69 Å². The molecule has 12 heteroatoms. The van der Waals surface area contributed by atoms with Crippen molar-refractivity contribution in [1.29, 1.82) is 0 Å². The molecule has 2 unspecified atom stereocenters. The molecule has 0 spiro atoms. The maximum atomic E-state index is 14.5. The molecule has 1 aromatic heterocycles. The number of ether oxygens (including phenoxy) is 4. The minimum absolute atomic E-state index is 0.111. The molecule has 55 heavy (non-hydrogen) atoms. The smallest absolute Gasteiger partial charge is 0.419 e. The summed E-state index contributed by atoms with van der Waals surface area (Å²) in [5.74, 6) is 2.10. The molecule has 12 nitrogen and oxygen atoms in total. The Morgan fingerprint density at radius 2 is 1.73 bits per heavy atom. The van der Waals surface area contributed by atoms with Gasteiger partial charge < -0.3 is 24.3 Å². The van der Waals surface area contributed by atoms with Gasteiger partial charge in [-0.1, -0.05) is 48.9 Å². The molecule has 2 N–H and O–H groups in total. The fourth-order valence-electron chi connectivity index (χ4n) is 7.52. The third-order valence-electron chi connectivity index (χ3n) is 10.5. The average Bonchev–Trinajstić information content (AvgIpc) is 3.67. The van der Waals surface area contributed by atoms with E-state index in [1.54, 1.807) is 26.0 Å². The van der Waals surface area contributed by atoms with Crippen LogP contribution in [-0.2, 0) is 20.9 Å². The van der Waals surface area contributed by atoms with Crippen molar-refractivity contribution in [3.05, 3.63) is 89.7 Å². The van der Waals surface area contributed by atoms with Crippen LogP contribution in [0, 0.1) is 6.92 Å². The number of carbonyl (C=O) groups is 3. The largest absolute Gasteiger partial charge is 0.497 e. The van der Waals surface area contributed by atoms with Gasteiger partial charge >= 0.3 is 12.0 Å². The molecule has 1 saturated heterocycles. The number of hydrogen-bond donors (Lipinski definition) is 2. The van der Waals surface area contributed by atoms with Crippen molar-refractivity contribution < 1.29 is 38.2 Å². The number of quaternary nitrogens is 1. The number of aromatic nitrogens is 2. The van der Waals surface area contributed by atoms with Crippen molar-refractivity contribution in [1.82, 2.24) is 20.2 Å². The molecular formula is C43H52N5O7+. The first-order valence-electron chi connectivity index (χ1n) is 19.3. The zero-order valence-corrected chi connectivity index (χ0v) is 32.3. The Morgan fingerprint density at radius 1 is 0.927 bits per heavy atom. The molecule has 0 bridgehead atoms. The van der Waals surface area contributed by atoms with E-state index in [2.05, 4.69) is 11.4 Å². The van der Waals surface area contributed by atoms with E-state index >= 15 is 0 Å². The highest BCUT2D eigenvalue weighted by Crippen LogP contribution is 2.34. The molecule has 290 valence electrons. The van der Waals surface area contributed by atoms with Crippen molar-refractivity contribution >= 4 is 28.8 Å². The SMILES string of the molecule is CCOC(=O)C12CCC[NH+]1C(=O)N(Cc1ccc(OC)cc1)CCCCCC(Oc1nc(-c3ccccc3)nc3c(C)c(OC)ccc13)=CCCCNC2=O. The van der Waals surface area contributed by atoms with Crippen LogP contribution in [0.4, 0.5) is 4.79 Å². The van der Waals surface area contributed by atoms with Gasteiger partial charge in [0.1, 0.15) is 17.3 Å². The van der Waals surface area contributed by atoms with Gasteiger partial charge in [-0.05, 0) is 75.4 Å². The Balaban J connectivity index is 1.30. The van der Waals surface area contributed by atoms with Crippen LogP contribution in [0.1, 0.15) is 69.4 Å². The highest BCUT2D eigenvalue weighted by molar-refractivity contribution is 6.07. The molecule has 2 aliphatic heterocycles. The Labute approximate surface area is 322 Å². The quantitative estimate of drug-likeness (QED) is 0.157. The van der Waals surface area contributed by atoms with Crippen LogP contribution in [0.5, 0.6) is 17.4 Å². The lowest BCUT2D eigenvalue weighted by atomic mass is 9.94. The van der Waals surface area contributed by atoms with E-state index in [0.29, 0.717) is 74.9 Å². The van der Waals surface area contributed by atoms with Gasteiger partial charge in [0.15, 0.2) is 5.82 Å². The summed E-state index contributed by atoms with van der Waals surface area (Å²) in [6.45, 7) is 5.26. The number of fused-ring (bicyclic) bond motifs is 2. The second-order valence-corrected chi connectivity index (χ2v) is 14.0. The van der Waals surface area contributed by atoms with E-state index in [0.717, 1.165) is 57.7 Å². The summed E-state index contributed by atoms with van der Waals surface area (Å²) in [6, 6.07) is 21.0. The maximum Gasteiger partial charge on any atom is 0.419 e. The minimum Gasteiger partial charge on any atom is -0.497 e. The van der Waals surface area contributed by atoms with Gasteiger partial charge in [-0.25, -0.2) is 19.5 Å². The highest BCUT2D eigenvalue weighted by Gasteiger charge is 2.62. The Bertz CT molecular complexity index is 2000. The molecule has 0 aliphatic carbocycles. The van der Waals surface area contributed by atoms with E-state index in [9.17, 15) is 14.4 Å². The number of carbonyl (C=O) groups excluding carboxylic acids is 3. The molecule has 1 fully saturated rings. The molecule has 2 aliphatic rings. The van der Waals surface area contributed by atoms with Gasteiger partial charge in [0.05, 0.1) is 44.8 Å². The second kappa shape index (κ2) is 18.2. The second-order valence-electron chi connectivity index (χ2n) is 14.0. The third-order valence-corrected chi connectivity index (χ3v) is 10.5. The number of nitrogens with zero attached hydrogens (tertiary/aromatic N) is 3. The molecule has 3 amide bonds. The van der Waals surface area contributed by atoms with Crippen molar-refractivity contribution in [2.24, 2.45) is 0 Å². The van der Waals surface area contributed by atoms with Crippen LogP contribution in [0.15, 0.2) is 78.6 Å². The summed E-state index contributed by atoms with van der Waals surface area (Å²) >= 11 is 0. The fraction of sp³-hybridized carbons (Fsp3) is 0.419. The summed E-state index contributed by atoms with van der Waals surface area (Å²) in [6.07, 6.45) is 7.07. The molecule has 0 radical (unpaired) electrons. The fourth-order valence-corrected chi connectivity index (χ4v) is 7.52. The number of aryl methyl sites for hydroxylation is 1. The maximum absolute atomic E-state index is 14.5. The van der Waals surface area contributed by atoms with Gasteiger partial charge in [0.25, 0.3) is 11.4 Å². The van der Waals surface area contributed by atoms with Gasteiger partial charge in [0.2, 0.25) is 5.88 Å². The number of hydrogen-bond acceptors (Lipinski definition) is 9. The number of urea groups is 1. The van der Waals surface area contributed by atoms with E-state index in [-0.39, 0.29) is 19.1 Å². The number of nitrogens with one attached hydrogen (secondary N) is 2.